The minimum atomic E-state index is -1.97. The van der Waals surface area contributed by atoms with Crippen molar-refractivity contribution in [2.75, 3.05) is 5.73 Å². The third-order valence-corrected chi connectivity index (χ3v) is 2.54. The number of anilines is 1. The van der Waals surface area contributed by atoms with Crippen LogP contribution in [-0.2, 0) is 0 Å². The van der Waals surface area contributed by atoms with E-state index < -0.39 is 20.1 Å². The Morgan fingerprint density at radius 2 is 2.00 bits per heavy atom. The molecule has 0 aromatic heterocycles. The number of hydrogen-bond acceptors (Lipinski definition) is 3. The maximum atomic E-state index is 13.6. The molecule has 0 aliphatic heterocycles. The number of halogens is 1. The second-order valence-corrected chi connectivity index (χ2v) is 8.82. The lowest BCUT2D eigenvalue weighted by Crippen LogP contribution is -2.30. The van der Waals surface area contributed by atoms with Crippen LogP contribution in [0.25, 0.3) is 0 Å². The molecule has 1 aromatic rings. The van der Waals surface area contributed by atoms with E-state index in [1.54, 1.807) is 0 Å². The molecule has 0 amide bonds. The highest BCUT2D eigenvalue weighted by Gasteiger charge is 2.21. The van der Waals surface area contributed by atoms with Crippen LogP contribution in [0.2, 0.25) is 19.6 Å². The summed E-state index contributed by atoms with van der Waals surface area (Å²) in [7, 11) is -1.97. The van der Waals surface area contributed by atoms with Crippen molar-refractivity contribution in [2.24, 2.45) is 0 Å². The summed E-state index contributed by atoms with van der Waals surface area (Å²) < 4.78 is 19.0. The zero-order valence-corrected chi connectivity index (χ0v) is 10.4. The number of nitrogens with two attached hydrogens (primary N) is 1. The van der Waals surface area contributed by atoms with Crippen LogP contribution in [0.3, 0.4) is 0 Å². The van der Waals surface area contributed by atoms with Crippen molar-refractivity contribution in [3.63, 3.8) is 0 Å². The second-order valence-electron chi connectivity index (χ2n) is 4.40. The van der Waals surface area contributed by atoms with Gasteiger partial charge in [0.05, 0.1) is 11.3 Å². The molecule has 0 saturated carbocycles. The van der Waals surface area contributed by atoms with E-state index in [0.29, 0.717) is 0 Å². The summed E-state index contributed by atoms with van der Waals surface area (Å²) in [5.74, 6) is -2.01. The molecule has 0 radical (unpaired) electrons. The Bertz CT molecular complexity index is 406. The normalized spacial score (nSPS) is 11.2. The number of carboxylic acid groups (broad SMARTS) is 1. The van der Waals surface area contributed by atoms with Gasteiger partial charge in [0.1, 0.15) is 0 Å². The maximum Gasteiger partial charge on any atom is 0.335 e. The predicted octanol–water partition coefficient (Wildman–Crippen LogP) is 2.32. The Morgan fingerprint density at radius 1 is 1.44 bits per heavy atom. The number of benzene rings is 1. The minimum absolute atomic E-state index is 0.0137. The molecule has 1 rings (SSSR count). The summed E-state index contributed by atoms with van der Waals surface area (Å²) >= 11 is 0. The summed E-state index contributed by atoms with van der Waals surface area (Å²) in [6, 6.07) is 2.11. The Kier molecular flexibility index (Phi) is 3.23. The Hall–Kier alpha value is -1.56. The van der Waals surface area contributed by atoms with Gasteiger partial charge in [-0.1, -0.05) is 0 Å². The molecule has 0 saturated heterocycles. The molecule has 88 valence electrons. The van der Waals surface area contributed by atoms with Crippen molar-refractivity contribution < 1.29 is 18.7 Å². The number of carboxylic acids is 1. The zero-order chi connectivity index (χ0) is 12.5. The van der Waals surface area contributed by atoms with Crippen LogP contribution in [-0.4, -0.2) is 19.4 Å². The molecule has 6 heteroatoms. The molecule has 0 aliphatic carbocycles. The van der Waals surface area contributed by atoms with Crippen LogP contribution in [0.4, 0.5) is 10.1 Å². The highest BCUT2D eigenvalue weighted by molar-refractivity contribution is 6.70. The molecular weight excluding hydrogens is 229 g/mol. The van der Waals surface area contributed by atoms with Crippen LogP contribution >= 0.6 is 0 Å². The van der Waals surface area contributed by atoms with Gasteiger partial charge < -0.3 is 15.3 Å². The first-order valence-corrected chi connectivity index (χ1v) is 8.13. The van der Waals surface area contributed by atoms with Gasteiger partial charge in [0.15, 0.2) is 11.6 Å². The van der Waals surface area contributed by atoms with E-state index in [-0.39, 0.29) is 17.0 Å². The van der Waals surface area contributed by atoms with Crippen molar-refractivity contribution >= 4 is 20.0 Å². The van der Waals surface area contributed by atoms with Gasteiger partial charge in [-0.15, -0.1) is 0 Å². The highest BCUT2D eigenvalue weighted by atomic mass is 28.4. The predicted molar refractivity (Wildman–Crippen MR) is 61.7 cm³/mol. The number of nitrogen functional groups attached to an aromatic ring is 1. The number of carbonyl (C=O) groups is 1. The molecule has 0 spiro atoms. The first kappa shape index (κ1) is 12.5. The largest absolute Gasteiger partial charge is 0.541 e. The van der Waals surface area contributed by atoms with Crippen molar-refractivity contribution in [1.82, 2.24) is 0 Å². The van der Waals surface area contributed by atoms with Crippen molar-refractivity contribution in [3.05, 3.63) is 23.5 Å². The lowest BCUT2D eigenvalue weighted by molar-refractivity contribution is 0.0696. The Balaban J connectivity index is 3.18. The monoisotopic (exact) mass is 243 g/mol. The van der Waals surface area contributed by atoms with Gasteiger partial charge >= 0.3 is 5.97 Å². The number of aromatic carboxylic acids is 1. The van der Waals surface area contributed by atoms with Gasteiger partial charge in [-0.2, -0.15) is 0 Å². The molecule has 4 nitrogen and oxygen atoms in total. The standard InChI is InChI=1S/C10H14FNO3Si/c1-16(2,3)15-9-7(11)4-6(10(13)14)5-8(9)12/h4-5H,12H2,1-3H3,(H,13,14). The molecule has 0 bridgehead atoms. The van der Waals surface area contributed by atoms with Crippen molar-refractivity contribution in [2.45, 2.75) is 19.6 Å². The summed E-state index contributed by atoms with van der Waals surface area (Å²) in [4.78, 5) is 10.6. The van der Waals surface area contributed by atoms with E-state index >= 15 is 0 Å². The van der Waals surface area contributed by atoms with E-state index in [1.165, 1.54) is 6.07 Å². The topological polar surface area (TPSA) is 72.5 Å². The summed E-state index contributed by atoms with van der Waals surface area (Å²) in [6.07, 6.45) is 0. The molecule has 16 heavy (non-hydrogen) atoms. The summed E-state index contributed by atoms with van der Waals surface area (Å²) in [5, 5.41) is 8.70. The molecule has 3 N–H and O–H groups in total. The minimum Gasteiger partial charge on any atom is -0.541 e. The highest BCUT2D eigenvalue weighted by Crippen LogP contribution is 2.29. The summed E-state index contributed by atoms with van der Waals surface area (Å²) in [5.41, 5.74) is 5.39. The average Bonchev–Trinajstić information content (AvgIpc) is 2.09. The quantitative estimate of drug-likeness (QED) is 0.631. The summed E-state index contributed by atoms with van der Waals surface area (Å²) in [6.45, 7) is 5.66. The number of hydrogen-bond donors (Lipinski definition) is 2. The van der Waals surface area contributed by atoms with Gasteiger partial charge in [-0.3, -0.25) is 0 Å². The van der Waals surface area contributed by atoms with Crippen LogP contribution in [0.1, 0.15) is 10.4 Å². The Labute approximate surface area is 94.0 Å². The van der Waals surface area contributed by atoms with Gasteiger partial charge in [0.2, 0.25) is 8.32 Å². The van der Waals surface area contributed by atoms with Gasteiger partial charge in [-0.25, -0.2) is 9.18 Å². The molecule has 0 aliphatic rings. The Morgan fingerprint density at radius 3 is 2.38 bits per heavy atom. The fourth-order valence-electron chi connectivity index (χ4n) is 1.15. The molecule has 1 aromatic carbocycles. The lowest BCUT2D eigenvalue weighted by atomic mass is 10.2. The van der Waals surface area contributed by atoms with Gasteiger partial charge in [0, 0.05) is 0 Å². The van der Waals surface area contributed by atoms with E-state index in [0.717, 1.165) is 6.07 Å². The third kappa shape index (κ3) is 2.96. The first-order valence-electron chi connectivity index (χ1n) is 4.72. The fourth-order valence-corrected chi connectivity index (χ4v) is 1.98. The molecule has 0 unspecified atom stereocenters. The SMILES string of the molecule is C[Si](C)(C)Oc1c(N)cc(C(=O)O)cc1F. The van der Waals surface area contributed by atoms with E-state index in [4.69, 9.17) is 15.3 Å². The molecular formula is C10H14FNO3Si. The van der Waals surface area contributed by atoms with Crippen LogP contribution in [0.5, 0.6) is 5.75 Å². The average molecular weight is 243 g/mol. The zero-order valence-electron chi connectivity index (χ0n) is 9.37. The second kappa shape index (κ2) is 4.13. The van der Waals surface area contributed by atoms with Crippen LogP contribution in [0, 0.1) is 5.82 Å². The van der Waals surface area contributed by atoms with Crippen LogP contribution in [0.15, 0.2) is 12.1 Å². The van der Waals surface area contributed by atoms with Crippen molar-refractivity contribution in [1.29, 1.82) is 0 Å². The molecule has 0 heterocycles. The number of rotatable bonds is 3. The lowest BCUT2D eigenvalue weighted by Gasteiger charge is -2.21. The molecule has 0 fully saturated rings. The van der Waals surface area contributed by atoms with Gasteiger partial charge in [0.25, 0.3) is 0 Å². The van der Waals surface area contributed by atoms with E-state index in [1.807, 2.05) is 19.6 Å². The first-order chi connectivity index (χ1) is 7.20. The maximum absolute atomic E-state index is 13.6. The smallest absolute Gasteiger partial charge is 0.335 e. The van der Waals surface area contributed by atoms with Gasteiger partial charge in [-0.05, 0) is 31.8 Å². The van der Waals surface area contributed by atoms with Crippen molar-refractivity contribution in [3.8, 4) is 5.75 Å². The molecule has 0 atom stereocenters. The van der Waals surface area contributed by atoms with Crippen LogP contribution < -0.4 is 10.2 Å². The fraction of sp³-hybridized carbons (Fsp3) is 0.300. The third-order valence-electron chi connectivity index (χ3n) is 1.73. The van der Waals surface area contributed by atoms with E-state index in [9.17, 15) is 9.18 Å². The van der Waals surface area contributed by atoms with E-state index in [2.05, 4.69) is 0 Å².